The van der Waals surface area contributed by atoms with Crippen LogP contribution in [0.2, 0.25) is 0 Å². The van der Waals surface area contributed by atoms with Gasteiger partial charge in [-0.15, -0.1) is 0 Å². The minimum atomic E-state index is -4.05. The zero-order chi connectivity index (χ0) is 37.1. The number of ether oxygens (including phenoxy) is 2. The quantitative estimate of drug-likeness (QED) is 0.112. The summed E-state index contributed by atoms with van der Waals surface area (Å²) >= 11 is 0. The molecule has 2 fully saturated rings. The molecule has 0 spiro atoms. The van der Waals surface area contributed by atoms with Crippen molar-refractivity contribution in [3.63, 3.8) is 0 Å². The zero-order valence-corrected chi connectivity index (χ0v) is 28.1. The lowest BCUT2D eigenvalue weighted by atomic mass is 9.83. The van der Waals surface area contributed by atoms with Crippen LogP contribution in [0, 0.1) is 40.1 Å². The number of methoxy groups -OCH3 is 1. The van der Waals surface area contributed by atoms with E-state index in [1.54, 1.807) is 39.8 Å². The van der Waals surface area contributed by atoms with Crippen molar-refractivity contribution in [3.8, 4) is 12.1 Å². The zero-order valence-electron chi connectivity index (χ0n) is 27.2. The number of allylic oxidation sites excluding steroid dienone is 5. The normalized spacial score (nSPS) is 21.0. The van der Waals surface area contributed by atoms with Crippen LogP contribution in [0.3, 0.4) is 0 Å². The Bertz CT molecular complexity index is 2300. The number of nitriles is 2. The number of carbonyl (C=O) groups is 1. The van der Waals surface area contributed by atoms with Crippen LogP contribution in [-0.2, 0) is 19.6 Å². The van der Waals surface area contributed by atoms with Gasteiger partial charge in [0.1, 0.15) is 30.9 Å². The summed E-state index contributed by atoms with van der Waals surface area (Å²) in [5, 5.41) is 33.0. The predicted octanol–water partition coefficient (Wildman–Crippen LogP) is 3.88. The fourth-order valence-electron chi connectivity index (χ4n) is 6.93. The van der Waals surface area contributed by atoms with Gasteiger partial charge >= 0.3 is 0 Å². The maximum atomic E-state index is 17.2. The molecule has 0 radical (unpaired) electrons. The van der Waals surface area contributed by atoms with Crippen LogP contribution in [-0.4, -0.2) is 68.7 Å². The Balaban J connectivity index is 1.63. The number of anilines is 1. The highest BCUT2D eigenvalue weighted by atomic mass is 31.2. The van der Waals surface area contributed by atoms with E-state index < -0.39 is 72.0 Å². The first-order valence-corrected chi connectivity index (χ1v) is 17.6. The number of carboxylic acid groups (broad SMARTS) is 1. The van der Waals surface area contributed by atoms with Crippen molar-refractivity contribution >= 4 is 40.7 Å². The second-order valence-corrected chi connectivity index (χ2v) is 15.2. The standard InChI is InChI=1S/C37H26F5N4O5P/c1-50-19-51-37(17-43,18-44)32-33(40)30(31(36(47)48)34(41)35(32)42)29-25-9-7-22(45-13-20(38)14-45)11-27(25)52(49,24-5-3-2-4-6-24)28-12-23(8-10-26(28)29)46-15-21(39)16-46/h2-12,20-21H,13-16,19H2,1H3. The number of hydrogen-bond donors (Lipinski definition) is 0. The molecular weight excluding hydrogens is 706 g/mol. The van der Waals surface area contributed by atoms with Crippen LogP contribution in [0.25, 0.3) is 5.57 Å². The molecule has 3 aromatic rings. The third-order valence-electron chi connectivity index (χ3n) is 9.54. The molecule has 52 heavy (non-hydrogen) atoms. The Hall–Kier alpha value is -5.40. The summed E-state index contributed by atoms with van der Waals surface area (Å²) < 4.78 is 105. The van der Waals surface area contributed by atoms with Gasteiger partial charge in [-0.2, -0.15) is 10.5 Å². The molecule has 0 amide bonds. The molecule has 3 heterocycles. The Kier molecular flexibility index (Phi) is 8.74. The lowest BCUT2D eigenvalue weighted by molar-refractivity contribution is -0.599. The number of nitrogens with zero attached hydrogens (tertiary/aromatic N) is 4. The van der Waals surface area contributed by atoms with Crippen LogP contribution in [0.15, 0.2) is 77.6 Å². The largest absolute Gasteiger partial charge is 0.545 e. The van der Waals surface area contributed by atoms with E-state index in [1.807, 2.05) is 0 Å². The average molecular weight is 733 g/mol. The monoisotopic (exact) mass is 732 g/mol. The SMILES string of the molecule is COCOC(C#N)(C#N)c1c(F)c(F)c(C(=O)[O-])c(C2=C3C=CC(=[N+]4CC(F)C4)C=C3P(=O)(c3ccccc3)c3cc(N4CC(F)C4)ccc32)c1F. The van der Waals surface area contributed by atoms with Gasteiger partial charge in [0.15, 0.2) is 31.9 Å². The van der Waals surface area contributed by atoms with Gasteiger partial charge in [-0.1, -0.05) is 36.4 Å². The second kappa shape index (κ2) is 13.0. The molecular formula is C37H26F5N4O5P. The maximum absolute atomic E-state index is 17.2. The van der Waals surface area contributed by atoms with Gasteiger partial charge in [-0.3, -0.25) is 0 Å². The molecule has 0 aromatic heterocycles. The summed E-state index contributed by atoms with van der Waals surface area (Å²) in [7, 11) is -2.95. The van der Waals surface area contributed by atoms with Crippen molar-refractivity contribution in [1.29, 1.82) is 10.5 Å². The van der Waals surface area contributed by atoms with E-state index >= 15 is 17.7 Å². The molecule has 9 nitrogen and oxygen atoms in total. The molecule has 2 saturated heterocycles. The molecule has 7 rings (SSSR count). The number of carbonyl (C=O) groups excluding carboxylic acids is 1. The van der Waals surface area contributed by atoms with Gasteiger partial charge in [0.2, 0.25) is 11.9 Å². The number of hydrogen-bond acceptors (Lipinski definition) is 8. The first kappa shape index (κ1) is 35.0. The number of fused-ring (bicyclic) bond motifs is 2. The molecule has 1 atom stereocenters. The minimum absolute atomic E-state index is 0.0208. The first-order chi connectivity index (χ1) is 24.9. The van der Waals surface area contributed by atoms with Gasteiger partial charge in [-0.05, 0) is 29.3 Å². The minimum Gasteiger partial charge on any atom is -0.545 e. The van der Waals surface area contributed by atoms with Crippen molar-refractivity contribution in [2.75, 3.05) is 45.0 Å². The Labute approximate surface area is 293 Å². The van der Waals surface area contributed by atoms with Crippen LogP contribution < -0.4 is 20.6 Å². The van der Waals surface area contributed by atoms with Gasteiger partial charge in [0, 0.05) is 57.6 Å². The van der Waals surface area contributed by atoms with E-state index in [1.165, 1.54) is 48.6 Å². The fourth-order valence-corrected chi connectivity index (χ4v) is 10.0. The predicted molar refractivity (Wildman–Crippen MR) is 177 cm³/mol. The summed E-state index contributed by atoms with van der Waals surface area (Å²) in [6.07, 6.45) is 2.15. The highest BCUT2D eigenvalue weighted by molar-refractivity contribution is 7.83. The molecule has 1 unspecified atom stereocenters. The van der Waals surface area contributed by atoms with Gasteiger partial charge in [0.05, 0.1) is 24.6 Å². The van der Waals surface area contributed by atoms with Crippen molar-refractivity contribution in [2.45, 2.75) is 17.9 Å². The number of alkyl halides is 2. The highest BCUT2D eigenvalue weighted by Crippen LogP contribution is 2.62. The lowest BCUT2D eigenvalue weighted by Gasteiger charge is -2.39. The molecule has 15 heteroatoms. The van der Waals surface area contributed by atoms with Crippen molar-refractivity contribution < 1.29 is 50.5 Å². The molecule has 0 bridgehead atoms. The third-order valence-corrected chi connectivity index (χ3v) is 12.7. The van der Waals surface area contributed by atoms with Crippen molar-refractivity contribution in [2.24, 2.45) is 0 Å². The highest BCUT2D eigenvalue weighted by Gasteiger charge is 2.48. The van der Waals surface area contributed by atoms with Crippen molar-refractivity contribution in [1.82, 2.24) is 0 Å². The van der Waals surface area contributed by atoms with E-state index in [2.05, 4.69) is 0 Å². The topological polar surface area (TPSA) is 129 Å². The smallest absolute Gasteiger partial charge is 0.275 e. The maximum Gasteiger partial charge on any atom is 0.275 e. The van der Waals surface area contributed by atoms with Gasteiger partial charge in [-0.25, -0.2) is 26.5 Å². The number of carboxylic acids is 1. The summed E-state index contributed by atoms with van der Waals surface area (Å²) in [5.41, 5.74) is -7.02. The summed E-state index contributed by atoms with van der Waals surface area (Å²) in [6, 6.07) is 15.3. The Morgan fingerprint density at radius 3 is 2.31 bits per heavy atom. The summed E-state index contributed by atoms with van der Waals surface area (Å²) in [5.74, 6) is -8.50. The van der Waals surface area contributed by atoms with E-state index in [0.717, 1.165) is 7.11 Å². The first-order valence-electron chi connectivity index (χ1n) is 15.9. The van der Waals surface area contributed by atoms with Crippen LogP contribution in [0.1, 0.15) is 27.0 Å². The van der Waals surface area contributed by atoms with Crippen LogP contribution in [0.4, 0.5) is 27.6 Å². The molecule has 0 saturated carbocycles. The van der Waals surface area contributed by atoms with Crippen LogP contribution in [0.5, 0.6) is 0 Å². The number of rotatable bonds is 8. The molecule has 1 aliphatic carbocycles. The second-order valence-electron chi connectivity index (χ2n) is 12.5. The third kappa shape index (κ3) is 5.21. The average Bonchev–Trinajstić information content (AvgIpc) is 3.12. The number of halogens is 5. The Morgan fingerprint density at radius 1 is 1.02 bits per heavy atom. The van der Waals surface area contributed by atoms with E-state index in [0.29, 0.717) is 16.7 Å². The van der Waals surface area contributed by atoms with Gasteiger partial charge < -0.3 is 28.8 Å². The number of benzene rings is 3. The lowest BCUT2D eigenvalue weighted by Crippen LogP contribution is -2.48. The van der Waals surface area contributed by atoms with E-state index in [-0.39, 0.29) is 53.5 Å². The fraction of sp³-hybridized carbons (Fsp3) is 0.243. The Morgan fingerprint density at radius 2 is 1.71 bits per heavy atom. The molecule has 4 aliphatic rings. The van der Waals surface area contributed by atoms with E-state index in [4.69, 9.17) is 9.47 Å². The summed E-state index contributed by atoms with van der Waals surface area (Å²) in [6.45, 7) is -0.764. The number of aromatic carboxylic acids is 1. The molecule has 3 aromatic carbocycles. The molecule has 264 valence electrons. The summed E-state index contributed by atoms with van der Waals surface area (Å²) in [4.78, 5) is 14.3. The van der Waals surface area contributed by atoms with E-state index in [9.17, 15) is 29.2 Å². The molecule has 0 N–H and O–H groups in total. The van der Waals surface area contributed by atoms with Gasteiger partial charge in [0.25, 0.3) is 5.60 Å². The molecule has 3 aliphatic heterocycles. The van der Waals surface area contributed by atoms with Crippen LogP contribution >= 0.6 is 7.14 Å². The van der Waals surface area contributed by atoms with Crippen molar-refractivity contribution in [3.05, 3.63) is 117 Å².